The van der Waals surface area contributed by atoms with E-state index in [0.717, 1.165) is 41.7 Å². The number of aromatic nitrogens is 3. The van der Waals surface area contributed by atoms with Gasteiger partial charge >= 0.3 is 18.0 Å². The Morgan fingerprint density at radius 3 is 1.93 bits per heavy atom. The van der Waals surface area contributed by atoms with Crippen LogP contribution in [0, 0.1) is 0 Å². The highest BCUT2D eigenvalue weighted by Crippen LogP contribution is 2.38. The monoisotopic (exact) mass is 862 g/mol. The molecule has 0 aliphatic heterocycles. The molecule has 2 atom stereocenters. The van der Waals surface area contributed by atoms with Crippen LogP contribution in [0.1, 0.15) is 0 Å². The molecular formula is C26H26N10O14S5. The van der Waals surface area contributed by atoms with Crippen molar-refractivity contribution >= 4 is 113 Å². The molecule has 0 fully saturated rings. The molecule has 3 aromatic carbocycles. The largest absolute Gasteiger partial charge is 0.480 e. The number of azo groups is 1. The van der Waals surface area contributed by atoms with Crippen molar-refractivity contribution in [3.8, 4) is 0 Å². The van der Waals surface area contributed by atoms with Crippen molar-refractivity contribution in [2.75, 3.05) is 22.1 Å². The van der Waals surface area contributed by atoms with Crippen LogP contribution >= 0.6 is 35.6 Å². The van der Waals surface area contributed by atoms with Crippen molar-refractivity contribution in [1.29, 1.82) is 0 Å². The van der Waals surface area contributed by atoms with E-state index in [9.17, 15) is 40.3 Å². The normalized spacial score (nSPS) is 13.1. The summed E-state index contributed by atoms with van der Waals surface area (Å²) >= 11 is 2.03. The van der Waals surface area contributed by atoms with Gasteiger partial charge in [-0.25, -0.2) is 10.1 Å². The highest BCUT2D eigenvalue weighted by Gasteiger charge is 2.23. The molecule has 55 heavy (non-hydrogen) atoms. The number of rotatable bonds is 18. The molecule has 1 aromatic heterocycles. The Morgan fingerprint density at radius 1 is 0.818 bits per heavy atom. The number of urea groups is 1. The van der Waals surface area contributed by atoms with E-state index in [4.69, 9.17) is 32.7 Å². The summed E-state index contributed by atoms with van der Waals surface area (Å²) in [6, 6.07) is 4.05. The van der Waals surface area contributed by atoms with Gasteiger partial charge in [0.05, 0.1) is 17.7 Å². The number of aliphatic carboxylic acids is 2. The molecule has 1 heterocycles. The van der Waals surface area contributed by atoms with Crippen LogP contribution in [-0.4, -0.2) is 97.9 Å². The number of nitrogens with zero attached hydrogens (tertiary/aromatic N) is 5. The zero-order chi connectivity index (χ0) is 40.7. The Balaban J connectivity index is 1.76. The van der Waals surface area contributed by atoms with Gasteiger partial charge in [0.1, 0.15) is 33.2 Å². The molecule has 0 aliphatic rings. The number of carboxylic acids is 2. The molecule has 29 heteroatoms. The lowest BCUT2D eigenvalue weighted by molar-refractivity contribution is -0.432. The fraction of sp³-hybridized carbons (Fsp3) is 0.154. The van der Waals surface area contributed by atoms with E-state index in [1.165, 1.54) is 24.3 Å². The van der Waals surface area contributed by atoms with E-state index in [1.54, 1.807) is 0 Å². The molecule has 0 saturated heterocycles. The quantitative estimate of drug-likeness (QED) is 0.0171. The van der Waals surface area contributed by atoms with Crippen molar-refractivity contribution < 1.29 is 65.2 Å². The van der Waals surface area contributed by atoms with E-state index in [-0.39, 0.29) is 60.5 Å². The minimum absolute atomic E-state index is 0.00571. The Labute approximate surface area is 321 Å². The van der Waals surface area contributed by atoms with Crippen LogP contribution in [0.2, 0.25) is 0 Å². The summed E-state index contributed by atoms with van der Waals surface area (Å²) in [5.41, 5.74) is 15.7. The molecule has 0 aliphatic carbocycles. The van der Waals surface area contributed by atoms with Gasteiger partial charge in [-0.2, -0.15) is 31.8 Å². The molecule has 4 rings (SSSR count). The number of amides is 2. The van der Waals surface area contributed by atoms with Crippen molar-refractivity contribution in [3.05, 3.63) is 42.5 Å². The van der Waals surface area contributed by atoms with E-state index in [1.807, 2.05) is 0 Å². The third-order valence-electron chi connectivity index (χ3n) is 6.47. The Bertz CT molecular complexity index is 2350. The van der Waals surface area contributed by atoms with Crippen LogP contribution in [-0.2, 0) is 39.2 Å². The first kappa shape index (κ1) is 42.9. The molecule has 2 unspecified atom stereocenters. The zero-order valence-electron chi connectivity index (χ0n) is 27.0. The SMILES string of the molecule is NC(=O)Nc1cc(Nc2nc(SCC(N)C(=O)O)nc(SCC(N)C(=O)O)n2)ccc1N=Nc1cc2c(S(=O)(=O)O)cc(SOOO)cc2cc1S(=O)(=O)O. The van der Waals surface area contributed by atoms with Crippen LogP contribution < -0.4 is 27.8 Å². The molecule has 24 nitrogen and oxygen atoms in total. The number of fused-ring (bicyclic) bond motifs is 1. The Kier molecular flexibility index (Phi) is 14.2. The van der Waals surface area contributed by atoms with Gasteiger partial charge in [0, 0.05) is 27.5 Å². The predicted molar refractivity (Wildman–Crippen MR) is 194 cm³/mol. The summed E-state index contributed by atoms with van der Waals surface area (Å²) in [6.07, 6.45) is 0. The van der Waals surface area contributed by atoms with Gasteiger partial charge < -0.3 is 38.0 Å². The van der Waals surface area contributed by atoms with Crippen molar-refractivity contribution in [2.24, 2.45) is 27.4 Å². The second kappa shape index (κ2) is 18.2. The van der Waals surface area contributed by atoms with Crippen LogP contribution in [0.15, 0.2) is 77.7 Å². The van der Waals surface area contributed by atoms with E-state index in [0.29, 0.717) is 12.0 Å². The van der Waals surface area contributed by atoms with Crippen molar-refractivity contribution in [2.45, 2.75) is 37.1 Å². The maximum atomic E-state index is 12.4. The third kappa shape index (κ3) is 12.1. The summed E-state index contributed by atoms with van der Waals surface area (Å²) < 4.78 is 73.4. The van der Waals surface area contributed by atoms with E-state index >= 15 is 0 Å². The molecule has 2 amide bonds. The summed E-state index contributed by atoms with van der Waals surface area (Å²) in [7, 11) is -10.1. The minimum atomic E-state index is -5.07. The van der Waals surface area contributed by atoms with Gasteiger partial charge in [0.25, 0.3) is 20.2 Å². The van der Waals surface area contributed by atoms with Crippen molar-refractivity contribution in [3.63, 3.8) is 0 Å². The number of primary amides is 1. The molecule has 0 bridgehead atoms. The number of hydrogen-bond donors (Lipinski definition) is 10. The first-order valence-electron chi connectivity index (χ1n) is 14.3. The first-order valence-corrected chi connectivity index (χ1v) is 19.9. The first-order chi connectivity index (χ1) is 25.7. The number of nitrogens with one attached hydrogen (secondary N) is 2. The lowest BCUT2D eigenvalue weighted by Gasteiger charge is -2.12. The van der Waals surface area contributed by atoms with Crippen LogP contribution in [0.5, 0.6) is 0 Å². The van der Waals surface area contributed by atoms with Gasteiger partial charge in [0.2, 0.25) is 5.95 Å². The van der Waals surface area contributed by atoms with Gasteiger partial charge in [-0.1, -0.05) is 28.6 Å². The topological polar surface area (TPSA) is 405 Å². The average molecular weight is 863 g/mol. The number of carbonyl (C=O) groups is 3. The van der Waals surface area contributed by atoms with Crippen LogP contribution in [0.4, 0.5) is 33.5 Å². The number of carboxylic acid groups (broad SMARTS) is 2. The van der Waals surface area contributed by atoms with Gasteiger partial charge in [-0.3, -0.25) is 18.7 Å². The minimum Gasteiger partial charge on any atom is -0.480 e. The highest BCUT2D eigenvalue weighted by molar-refractivity contribution is 7.99. The fourth-order valence-electron chi connectivity index (χ4n) is 4.08. The maximum absolute atomic E-state index is 12.4. The van der Waals surface area contributed by atoms with E-state index in [2.05, 4.69) is 45.2 Å². The molecule has 4 aromatic rings. The lowest BCUT2D eigenvalue weighted by Crippen LogP contribution is -2.32. The Morgan fingerprint density at radius 2 is 1.40 bits per heavy atom. The molecule has 294 valence electrons. The number of anilines is 3. The highest BCUT2D eigenvalue weighted by atomic mass is 32.2. The van der Waals surface area contributed by atoms with Crippen LogP contribution in [0.3, 0.4) is 0 Å². The molecule has 13 N–H and O–H groups in total. The number of carbonyl (C=O) groups excluding carboxylic acids is 1. The van der Waals surface area contributed by atoms with Gasteiger partial charge in [-0.15, -0.1) is 14.6 Å². The van der Waals surface area contributed by atoms with Gasteiger partial charge in [0.15, 0.2) is 10.3 Å². The molecular weight excluding hydrogens is 837 g/mol. The number of benzene rings is 3. The standard InChI is InChI=1S/C26H26N10O14S5/c27-14(21(37)38)8-51-25-32-24(33-26(34-25)52-9-15(28)22(39)40)30-11-1-2-16(17(5-11)31-23(29)41)35-36-18-7-13-10(4-20(18)55(46,47)48)3-12(53-50-49-42)6-19(13)54(43,44)45/h1-7,14-15,42H,8-9,27-28H2,(H,37,38)(H,39,40)(H3,29,31,41)(H,43,44,45)(H,46,47,48)(H,30,32,33,34). The average Bonchev–Trinajstić information content (AvgIpc) is 3.09. The predicted octanol–water partition coefficient (Wildman–Crippen LogP) is 2.60. The second-order valence-electron chi connectivity index (χ2n) is 10.4. The molecule has 0 radical (unpaired) electrons. The lowest BCUT2D eigenvalue weighted by atomic mass is 10.1. The summed E-state index contributed by atoms with van der Waals surface area (Å²) in [5, 5.41) is 42.7. The maximum Gasteiger partial charge on any atom is 0.321 e. The Hall–Kier alpha value is -4.79. The summed E-state index contributed by atoms with van der Waals surface area (Å²) in [4.78, 5) is 45.2. The smallest absolute Gasteiger partial charge is 0.321 e. The van der Waals surface area contributed by atoms with Gasteiger partial charge in [-0.05, 0) is 47.9 Å². The summed E-state index contributed by atoms with van der Waals surface area (Å²) in [5.74, 6) is -2.98. The molecule has 0 spiro atoms. The van der Waals surface area contributed by atoms with E-state index < -0.39 is 65.8 Å². The summed E-state index contributed by atoms with van der Waals surface area (Å²) in [6.45, 7) is 0. The third-order valence-corrected chi connectivity index (χ3v) is 10.7. The van der Waals surface area contributed by atoms with Crippen molar-refractivity contribution in [1.82, 2.24) is 15.0 Å². The van der Waals surface area contributed by atoms with Crippen LogP contribution in [0.25, 0.3) is 10.8 Å². The number of nitrogens with two attached hydrogens (primary N) is 3. The number of hydrogen-bond acceptors (Lipinski definition) is 21. The number of thioether (sulfide) groups is 2. The second-order valence-corrected chi connectivity index (χ2v) is 15.9. The molecule has 0 saturated carbocycles. The zero-order valence-corrected chi connectivity index (χ0v) is 31.1. The fourth-order valence-corrected chi connectivity index (χ4v) is 7.58.